The van der Waals surface area contributed by atoms with Crippen LogP contribution < -0.4 is 5.32 Å². The molecule has 0 spiro atoms. The Bertz CT molecular complexity index is 343. The van der Waals surface area contributed by atoms with Gasteiger partial charge in [0.1, 0.15) is 0 Å². The van der Waals surface area contributed by atoms with Crippen molar-refractivity contribution in [1.29, 1.82) is 0 Å². The molecule has 0 amide bonds. The molecule has 0 aromatic heterocycles. The van der Waals surface area contributed by atoms with Crippen LogP contribution in [0, 0.1) is 11.8 Å². The summed E-state index contributed by atoms with van der Waals surface area (Å²) in [6.07, 6.45) is 1.20. The second kappa shape index (κ2) is 6.18. The van der Waals surface area contributed by atoms with E-state index in [1.165, 1.54) is 23.5 Å². The van der Waals surface area contributed by atoms with Crippen LogP contribution in [-0.2, 0) is 11.3 Å². The molecular formula is C15H22NO. The van der Waals surface area contributed by atoms with Crippen LogP contribution in [0.3, 0.4) is 0 Å². The molecule has 1 radical (unpaired) electrons. The van der Waals surface area contributed by atoms with Gasteiger partial charge in [-0.2, -0.15) is 0 Å². The first-order valence-corrected chi connectivity index (χ1v) is 6.43. The van der Waals surface area contributed by atoms with Crippen LogP contribution in [0.25, 0.3) is 0 Å². The first-order chi connectivity index (χ1) is 8.25. The van der Waals surface area contributed by atoms with E-state index in [1.807, 2.05) is 0 Å². The van der Waals surface area contributed by atoms with Gasteiger partial charge in [0, 0.05) is 19.7 Å². The maximum atomic E-state index is 5.37. The Hall–Kier alpha value is -0.860. The first-order valence-electron chi connectivity index (χ1n) is 6.43. The van der Waals surface area contributed by atoms with Crippen molar-refractivity contribution in [3.63, 3.8) is 0 Å². The molecule has 0 bridgehead atoms. The molecule has 0 saturated carbocycles. The number of nitrogens with one attached hydrogen (secondary N) is 1. The molecule has 17 heavy (non-hydrogen) atoms. The van der Waals surface area contributed by atoms with E-state index in [0.717, 1.165) is 26.3 Å². The Balaban J connectivity index is 1.79. The van der Waals surface area contributed by atoms with Crippen molar-refractivity contribution in [3.8, 4) is 0 Å². The van der Waals surface area contributed by atoms with Crippen molar-refractivity contribution in [2.45, 2.75) is 26.8 Å². The molecule has 2 rings (SSSR count). The maximum absolute atomic E-state index is 5.37. The molecule has 1 aromatic carbocycles. The summed E-state index contributed by atoms with van der Waals surface area (Å²) in [5.74, 6) is 2.08. The van der Waals surface area contributed by atoms with Crippen molar-refractivity contribution < 1.29 is 4.74 Å². The highest BCUT2D eigenvalue weighted by molar-refractivity contribution is 5.32. The number of hydrogen-bond donors (Lipinski definition) is 1. The Morgan fingerprint density at radius 1 is 1.41 bits per heavy atom. The van der Waals surface area contributed by atoms with Crippen LogP contribution in [0.2, 0.25) is 0 Å². The minimum atomic E-state index is 0.706. The summed E-state index contributed by atoms with van der Waals surface area (Å²) >= 11 is 0. The number of hydrogen-bond acceptors (Lipinski definition) is 2. The molecular weight excluding hydrogens is 210 g/mol. The minimum absolute atomic E-state index is 0.706. The third-order valence-electron chi connectivity index (χ3n) is 3.29. The van der Waals surface area contributed by atoms with E-state index in [-0.39, 0.29) is 0 Å². The van der Waals surface area contributed by atoms with Gasteiger partial charge in [0.2, 0.25) is 0 Å². The molecule has 1 aliphatic heterocycles. The average molecular weight is 232 g/mol. The maximum Gasteiger partial charge on any atom is 0.0507 e. The Morgan fingerprint density at radius 2 is 2.29 bits per heavy atom. The fourth-order valence-corrected chi connectivity index (χ4v) is 2.16. The highest BCUT2D eigenvalue weighted by atomic mass is 16.5. The number of benzene rings is 1. The third kappa shape index (κ3) is 3.83. The summed E-state index contributed by atoms with van der Waals surface area (Å²) < 4.78 is 5.37. The summed E-state index contributed by atoms with van der Waals surface area (Å²) in [5, 5.41) is 3.52. The Kier molecular flexibility index (Phi) is 4.57. The van der Waals surface area contributed by atoms with Gasteiger partial charge in [-0.05, 0) is 29.4 Å². The summed E-state index contributed by atoms with van der Waals surface area (Å²) in [6.45, 7) is 8.20. The lowest BCUT2D eigenvalue weighted by atomic mass is 10.0. The van der Waals surface area contributed by atoms with Gasteiger partial charge in [-0.25, -0.2) is 0 Å². The fraction of sp³-hybridized carbons (Fsp3) is 0.533. The van der Waals surface area contributed by atoms with Gasteiger partial charge in [0.25, 0.3) is 0 Å². The quantitative estimate of drug-likeness (QED) is 0.843. The SMILES string of the molecule is C[C](C)c1cccc(CNCC2CCOC2)c1. The predicted octanol–water partition coefficient (Wildman–Crippen LogP) is 2.78. The lowest BCUT2D eigenvalue weighted by molar-refractivity contribution is 0.185. The molecule has 1 saturated heterocycles. The molecule has 2 nitrogen and oxygen atoms in total. The highest BCUT2D eigenvalue weighted by Gasteiger charge is 2.14. The minimum Gasteiger partial charge on any atom is -0.381 e. The molecule has 1 fully saturated rings. The lowest BCUT2D eigenvalue weighted by Gasteiger charge is -2.11. The summed E-state index contributed by atoms with van der Waals surface area (Å²) in [4.78, 5) is 0. The van der Waals surface area contributed by atoms with Gasteiger partial charge in [0.15, 0.2) is 0 Å². The van der Waals surface area contributed by atoms with Crippen molar-refractivity contribution >= 4 is 0 Å². The van der Waals surface area contributed by atoms with E-state index >= 15 is 0 Å². The van der Waals surface area contributed by atoms with E-state index in [0.29, 0.717) is 5.92 Å². The second-order valence-corrected chi connectivity index (χ2v) is 5.06. The van der Waals surface area contributed by atoms with Crippen LogP contribution in [0.15, 0.2) is 24.3 Å². The smallest absolute Gasteiger partial charge is 0.0507 e. The molecule has 1 heterocycles. The largest absolute Gasteiger partial charge is 0.381 e. The lowest BCUT2D eigenvalue weighted by Crippen LogP contribution is -2.22. The zero-order chi connectivity index (χ0) is 12.1. The monoisotopic (exact) mass is 232 g/mol. The zero-order valence-electron chi connectivity index (χ0n) is 10.8. The second-order valence-electron chi connectivity index (χ2n) is 5.06. The predicted molar refractivity (Wildman–Crippen MR) is 70.8 cm³/mol. The molecule has 1 aromatic rings. The van der Waals surface area contributed by atoms with Gasteiger partial charge in [-0.1, -0.05) is 38.1 Å². The van der Waals surface area contributed by atoms with E-state index in [4.69, 9.17) is 4.74 Å². The normalized spacial score (nSPS) is 20.1. The number of ether oxygens (including phenoxy) is 1. The van der Waals surface area contributed by atoms with Crippen LogP contribution in [-0.4, -0.2) is 19.8 Å². The Morgan fingerprint density at radius 3 is 3.00 bits per heavy atom. The van der Waals surface area contributed by atoms with Gasteiger partial charge in [0.05, 0.1) is 6.61 Å². The van der Waals surface area contributed by atoms with Gasteiger partial charge < -0.3 is 10.1 Å². The summed E-state index contributed by atoms with van der Waals surface area (Å²) in [6, 6.07) is 8.76. The van der Waals surface area contributed by atoms with Gasteiger partial charge >= 0.3 is 0 Å². The molecule has 1 unspecified atom stereocenters. The number of rotatable bonds is 5. The van der Waals surface area contributed by atoms with Crippen LogP contribution in [0.4, 0.5) is 0 Å². The van der Waals surface area contributed by atoms with E-state index < -0.39 is 0 Å². The average Bonchev–Trinajstić information content (AvgIpc) is 2.82. The van der Waals surface area contributed by atoms with Crippen LogP contribution in [0.5, 0.6) is 0 Å². The third-order valence-corrected chi connectivity index (χ3v) is 3.29. The zero-order valence-corrected chi connectivity index (χ0v) is 10.8. The highest BCUT2D eigenvalue weighted by Crippen LogP contribution is 2.15. The summed E-state index contributed by atoms with van der Waals surface area (Å²) in [5.41, 5.74) is 2.70. The molecule has 93 valence electrons. The molecule has 1 atom stereocenters. The molecule has 1 N–H and O–H groups in total. The van der Waals surface area contributed by atoms with Crippen LogP contribution in [0.1, 0.15) is 31.4 Å². The summed E-state index contributed by atoms with van der Waals surface area (Å²) in [7, 11) is 0. The first kappa shape index (κ1) is 12.6. The Labute approximate surface area is 104 Å². The van der Waals surface area contributed by atoms with E-state index in [9.17, 15) is 0 Å². The molecule has 0 aliphatic carbocycles. The molecule has 2 heteroatoms. The van der Waals surface area contributed by atoms with Crippen LogP contribution >= 0.6 is 0 Å². The standard InChI is InChI=1S/C15H22NO/c1-12(2)15-5-3-4-13(8-15)9-16-10-14-6-7-17-11-14/h3-5,8,14,16H,6-7,9-11H2,1-2H3. The van der Waals surface area contributed by atoms with Gasteiger partial charge in [-0.15, -0.1) is 0 Å². The molecule has 1 aliphatic rings. The van der Waals surface area contributed by atoms with Crippen molar-refractivity contribution in [2.24, 2.45) is 5.92 Å². The topological polar surface area (TPSA) is 21.3 Å². The van der Waals surface area contributed by atoms with Gasteiger partial charge in [-0.3, -0.25) is 0 Å². The van der Waals surface area contributed by atoms with Crippen molar-refractivity contribution in [2.75, 3.05) is 19.8 Å². The van der Waals surface area contributed by atoms with Crippen molar-refractivity contribution in [3.05, 3.63) is 41.3 Å². The fourth-order valence-electron chi connectivity index (χ4n) is 2.16. The van der Waals surface area contributed by atoms with E-state index in [2.05, 4.69) is 43.4 Å². The van der Waals surface area contributed by atoms with Crippen molar-refractivity contribution in [1.82, 2.24) is 5.32 Å². The van der Waals surface area contributed by atoms with E-state index in [1.54, 1.807) is 0 Å².